The Hall–Kier alpha value is -2.69. The third-order valence-corrected chi connectivity index (χ3v) is 3.62. The zero-order valence-corrected chi connectivity index (χ0v) is 11.8. The van der Waals surface area contributed by atoms with Crippen molar-refractivity contribution < 1.29 is 14.3 Å². The van der Waals surface area contributed by atoms with E-state index in [1.54, 1.807) is 17.1 Å². The smallest absolute Gasteiger partial charge is 0.304 e. The first-order chi connectivity index (χ1) is 10.6. The predicted octanol–water partition coefficient (Wildman–Crippen LogP) is 3.14. The van der Waals surface area contributed by atoms with Crippen molar-refractivity contribution in [3.8, 4) is 0 Å². The number of hydrogen-bond acceptors (Lipinski definition) is 3. The van der Waals surface area contributed by atoms with Gasteiger partial charge < -0.3 is 5.11 Å². The molecule has 0 aromatic heterocycles. The summed E-state index contributed by atoms with van der Waals surface area (Å²) < 4.78 is 13.1. The average Bonchev–Trinajstić information content (AvgIpc) is 2.92. The Morgan fingerprint density at radius 1 is 1.18 bits per heavy atom. The molecule has 2 aromatic carbocycles. The summed E-state index contributed by atoms with van der Waals surface area (Å²) in [5.41, 5.74) is 2.35. The van der Waals surface area contributed by atoms with E-state index in [1.807, 2.05) is 30.3 Å². The molecule has 0 radical (unpaired) electrons. The van der Waals surface area contributed by atoms with Crippen LogP contribution in [0.15, 0.2) is 59.7 Å². The molecule has 112 valence electrons. The van der Waals surface area contributed by atoms with Gasteiger partial charge in [0.15, 0.2) is 0 Å². The topological polar surface area (TPSA) is 52.9 Å². The van der Waals surface area contributed by atoms with E-state index in [2.05, 4.69) is 5.10 Å². The zero-order chi connectivity index (χ0) is 15.5. The Morgan fingerprint density at radius 2 is 1.86 bits per heavy atom. The summed E-state index contributed by atoms with van der Waals surface area (Å²) in [6.45, 7) is 0.503. The summed E-state index contributed by atoms with van der Waals surface area (Å²) in [7, 11) is 0. The highest BCUT2D eigenvalue weighted by Gasteiger charge is 2.30. The first kappa shape index (κ1) is 14.3. The number of carbonyl (C=O) groups is 1. The molecule has 0 saturated heterocycles. The molecular formula is C17H15FN2O2. The first-order valence-corrected chi connectivity index (χ1v) is 7.02. The van der Waals surface area contributed by atoms with Crippen LogP contribution in [0.2, 0.25) is 0 Å². The van der Waals surface area contributed by atoms with Crippen LogP contribution in [-0.2, 0) is 4.79 Å². The highest BCUT2D eigenvalue weighted by molar-refractivity contribution is 6.05. The molecule has 1 heterocycles. The van der Waals surface area contributed by atoms with Gasteiger partial charge in [0, 0.05) is 5.92 Å². The maximum Gasteiger partial charge on any atom is 0.304 e. The number of carboxylic acid groups (broad SMARTS) is 1. The van der Waals surface area contributed by atoms with E-state index in [0.717, 1.165) is 11.3 Å². The Kier molecular flexibility index (Phi) is 3.87. The molecule has 0 spiro atoms. The van der Waals surface area contributed by atoms with Gasteiger partial charge in [-0.15, -0.1) is 0 Å². The lowest BCUT2D eigenvalue weighted by molar-refractivity contribution is -0.137. The van der Waals surface area contributed by atoms with E-state index in [9.17, 15) is 9.18 Å². The molecule has 2 aromatic rings. The molecule has 0 bridgehead atoms. The van der Waals surface area contributed by atoms with Crippen molar-refractivity contribution in [2.75, 3.05) is 11.6 Å². The number of hydrazone groups is 1. The molecule has 0 amide bonds. The fourth-order valence-corrected chi connectivity index (χ4v) is 2.60. The lowest BCUT2D eigenvalue weighted by Crippen LogP contribution is -2.22. The minimum atomic E-state index is -0.866. The van der Waals surface area contributed by atoms with Crippen LogP contribution in [-0.4, -0.2) is 23.3 Å². The van der Waals surface area contributed by atoms with Crippen molar-refractivity contribution in [3.63, 3.8) is 0 Å². The van der Waals surface area contributed by atoms with Crippen LogP contribution in [0.1, 0.15) is 12.0 Å². The Morgan fingerprint density at radius 3 is 2.50 bits per heavy atom. The van der Waals surface area contributed by atoms with E-state index < -0.39 is 5.97 Å². The molecule has 0 aliphatic carbocycles. The summed E-state index contributed by atoms with van der Waals surface area (Å²) in [5, 5.41) is 15.5. The largest absolute Gasteiger partial charge is 0.481 e. The van der Waals surface area contributed by atoms with Crippen LogP contribution < -0.4 is 5.01 Å². The molecule has 1 aliphatic rings. The Labute approximate surface area is 127 Å². The third-order valence-electron chi connectivity index (χ3n) is 3.62. The molecule has 1 N–H and O–H groups in total. The fourth-order valence-electron chi connectivity index (χ4n) is 2.60. The number of aliphatic carboxylic acids is 1. The van der Waals surface area contributed by atoms with E-state index in [1.165, 1.54) is 12.1 Å². The monoisotopic (exact) mass is 298 g/mol. The molecule has 22 heavy (non-hydrogen) atoms. The standard InChI is InChI=1S/C17H15FN2O2/c18-14-8-6-12(7-9-14)17-13(10-16(21)22)11-20(19-17)15-4-2-1-3-5-15/h1-9,13H,10-11H2,(H,21,22). The number of benzene rings is 2. The Balaban J connectivity index is 1.94. The second-order valence-electron chi connectivity index (χ2n) is 5.20. The second kappa shape index (κ2) is 5.97. The van der Waals surface area contributed by atoms with Gasteiger partial charge in [-0.2, -0.15) is 5.10 Å². The molecule has 4 nitrogen and oxygen atoms in total. The lowest BCUT2D eigenvalue weighted by atomic mass is 9.94. The minimum absolute atomic E-state index is 0.000453. The van der Waals surface area contributed by atoms with Crippen LogP contribution >= 0.6 is 0 Å². The summed E-state index contributed by atoms with van der Waals surface area (Å²) in [4.78, 5) is 11.1. The van der Waals surface area contributed by atoms with Crippen molar-refractivity contribution in [1.29, 1.82) is 0 Å². The van der Waals surface area contributed by atoms with Gasteiger partial charge in [0.1, 0.15) is 5.82 Å². The summed E-state index contributed by atoms with van der Waals surface area (Å²) in [5.74, 6) is -1.41. The second-order valence-corrected chi connectivity index (χ2v) is 5.20. The quantitative estimate of drug-likeness (QED) is 0.943. The maximum absolute atomic E-state index is 13.1. The molecule has 1 aliphatic heterocycles. The molecule has 0 fully saturated rings. The van der Waals surface area contributed by atoms with Crippen molar-refractivity contribution in [3.05, 3.63) is 66.0 Å². The van der Waals surface area contributed by atoms with Gasteiger partial charge in [0.25, 0.3) is 0 Å². The third kappa shape index (κ3) is 2.98. The molecule has 0 saturated carbocycles. The van der Waals surface area contributed by atoms with Gasteiger partial charge in [-0.25, -0.2) is 4.39 Å². The number of hydrogen-bond donors (Lipinski definition) is 1. The van der Waals surface area contributed by atoms with E-state index in [0.29, 0.717) is 12.3 Å². The lowest BCUT2D eigenvalue weighted by Gasteiger charge is -2.15. The highest BCUT2D eigenvalue weighted by atomic mass is 19.1. The van der Waals surface area contributed by atoms with Crippen molar-refractivity contribution >= 4 is 17.4 Å². The van der Waals surface area contributed by atoms with Crippen molar-refractivity contribution in [2.24, 2.45) is 11.0 Å². The normalized spacial score (nSPS) is 17.4. The number of anilines is 1. The number of rotatable bonds is 4. The van der Waals surface area contributed by atoms with E-state index in [-0.39, 0.29) is 18.2 Å². The number of para-hydroxylation sites is 1. The summed E-state index contributed by atoms with van der Waals surface area (Å²) >= 11 is 0. The summed E-state index contributed by atoms with van der Waals surface area (Å²) in [6.07, 6.45) is -0.000453. The van der Waals surface area contributed by atoms with E-state index in [4.69, 9.17) is 5.11 Å². The van der Waals surface area contributed by atoms with Gasteiger partial charge in [-0.1, -0.05) is 30.3 Å². The van der Waals surface area contributed by atoms with Gasteiger partial charge in [-0.3, -0.25) is 9.80 Å². The number of halogens is 1. The van der Waals surface area contributed by atoms with Crippen LogP contribution in [0.4, 0.5) is 10.1 Å². The van der Waals surface area contributed by atoms with Gasteiger partial charge in [0.2, 0.25) is 0 Å². The van der Waals surface area contributed by atoms with Crippen LogP contribution in [0.25, 0.3) is 0 Å². The van der Waals surface area contributed by atoms with Gasteiger partial charge >= 0.3 is 5.97 Å². The van der Waals surface area contributed by atoms with Crippen LogP contribution in [0.5, 0.6) is 0 Å². The molecule has 3 rings (SSSR count). The number of nitrogens with zero attached hydrogens (tertiary/aromatic N) is 2. The molecule has 5 heteroatoms. The van der Waals surface area contributed by atoms with Crippen molar-refractivity contribution in [1.82, 2.24) is 0 Å². The van der Waals surface area contributed by atoms with Gasteiger partial charge in [0.05, 0.1) is 24.4 Å². The van der Waals surface area contributed by atoms with Crippen molar-refractivity contribution in [2.45, 2.75) is 6.42 Å². The average molecular weight is 298 g/mol. The molecular weight excluding hydrogens is 283 g/mol. The Bertz CT molecular complexity index is 698. The predicted molar refractivity (Wildman–Crippen MR) is 82.5 cm³/mol. The van der Waals surface area contributed by atoms with Crippen LogP contribution in [0, 0.1) is 11.7 Å². The summed E-state index contributed by atoms with van der Waals surface area (Å²) in [6, 6.07) is 15.6. The highest BCUT2D eigenvalue weighted by Crippen LogP contribution is 2.27. The van der Waals surface area contributed by atoms with Gasteiger partial charge in [-0.05, 0) is 29.8 Å². The molecule has 1 unspecified atom stereocenters. The minimum Gasteiger partial charge on any atom is -0.481 e. The zero-order valence-electron chi connectivity index (χ0n) is 11.8. The number of carboxylic acids is 1. The maximum atomic E-state index is 13.1. The SMILES string of the molecule is O=C(O)CC1CN(c2ccccc2)N=C1c1ccc(F)cc1. The molecule has 1 atom stereocenters. The fraction of sp³-hybridized carbons (Fsp3) is 0.176. The first-order valence-electron chi connectivity index (χ1n) is 7.02. The van der Waals surface area contributed by atoms with E-state index >= 15 is 0 Å². The van der Waals surface area contributed by atoms with Crippen LogP contribution in [0.3, 0.4) is 0 Å².